The molecule has 0 N–H and O–H groups in total. The van der Waals surface area contributed by atoms with Crippen LogP contribution in [0.3, 0.4) is 0 Å². The minimum Gasteiger partial charge on any atom is -0.342 e. The summed E-state index contributed by atoms with van der Waals surface area (Å²) in [4.78, 5) is 15.2. The molecule has 1 saturated heterocycles. The highest BCUT2D eigenvalue weighted by molar-refractivity contribution is 5.79. The Kier molecular flexibility index (Phi) is 22.1. The van der Waals surface area contributed by atoms with Gasteiger partial charge in [-0.25, -0.2) is 0 Å². The molecular formula is C33H65NO. The Balaban J connectivity index is 1.93. The SMILES string of the molecule is CCCCCCCCCCCCCCCCCCC[C@H]1CC(C)CN(CCCCCCCC)C1=O. The van der Waals surface area contributed by atoms with Crippen molar-refractivity contribution in [3.8, 4) is 0 Å². The monoisotopic (exact) mass is 492 g/mol. The second-order valence-electron chi connectivity index (χ2n) is 12.0. The normalized spacial score (nSPS) is 18.5. The Labute approximate surface area is 221 Å². The van der Waals surface area contributed by atoms with Gasteiger partial charge in [0.05, 0.1) is 0 Å². The molecule has 0 radical (unpaired) electrons. The maximum atomic E-state index is 13.0. The summed E-state index contributed by atoms with van der Waals surface area (Å²) in [6.45, 7) is 8.93. The summed E-state index contributed by atoms with van der Waals surface area (Å²) in [5, 5.41) is 0. The van der Waals surface area contributed by atoms with E-state index in [1.807, 2.05) is 0 Å². The number of amides is 1. The second kappa shape index (κ2) is 23.8. The second-order valence-corrected chi connectivity index (χ2v) is 12.0. The number of hydrogen-bond acceptors (Lipinski definition) is 1. The van der Waals surface area contributed by atoms with Crippen LogP contribution in [0.2, 0.25) is 0 Å². The molecule has 2 atom stereocenters. The van der Waals surface area contributed by atoms with E-state index in [0.717, 1.165) is 25.9 Å². The molecule has 0 aliphatic carbocycles. The van der Waals surface area contributed by atoms with Crippen LogP contribution in [0.1, 0.15) is 181 Å². The minimum atomic E-state index is 0.315. The average molecular weight is 492 g/mol. The van der Waals surface area contributed by atoms with Crippen molar-refractivity contribution in [1.82, 2.24) is 4.90 Å². The highest BCUT2D eigenvalue weighted by atomic mass is 16.2. The number of nitrogens with zero attached hydrogens (tertiary/aromatic N) is 1. The molecule has 0 bridgehead atoms. The predicted molar refractivity (Wildman–Crippen MR) is 156 cm³/mol. The van der Waals surface area contributed by atoms with Gasteiger partial charge in [0.2, 0.25) is 5.91 Å². The summed E-state index contributed by atoms with van der Waals surface area (Å²) in [5.41, 5.74) is 0. The molecule has 1 amide bonds. The Bertz CT molecular complexity index is 462. The van der Waals surface area contributed by atoms with E-state index in [-0.39, 0.29) is 0 Å². The number of piperidine rings is 1. The predicted octanol–water partition coefficient (Wildman–Crippen LogP) is 10.9. The zero-order valence-electron chi connectivity index (χ0n) is 24.6. The lowest BCUT2D eigenvalue weighted by molar-refractivity contribution is -0.140. The Morgan fingerprint density at radius 2 is 0.943 bits per heavy atom. The van der Waals surface area contributed by atoms with E-state index < -0.39 is 0 Å². The van der Waals surface area contributed by atoms with Gasteiger partial charge in [-0.05, 0) is 25.2 Å². The third kappa shape index (κ3) is 18.4. The Hall–Kier alpha value is -0.530. The molecule has 1 aliphatic heterocycles. The van der Waals surface area contributed by atoms with Crippen LogP contribution in [-0.4, -0.2) is 23.9 Å². The molecule has 1 aliphatic rings. The summed E-state index contributed by atoms with van der Waals surface area (Å²) in [6.07, 6.45) is 34.2. The number of rotatable bonds is 25. The largest absolute Gasteiger partial charge is 0.342 e. The van der Waals surface area contributed by atoms with Crippen LogP contribution >= 0.6 is 0 Å². The highest BCUT2D eigenvalue weighted by Gasteiger charge is 2.31. The van der Waals surface area contributed by atoms with Crippen LogP contribution < -0.4 is 0 Å². The molecule has 0 spiro atoms. The molecule has 1 rings (SSSR count). The Morgan fingerprint density at radius 1 is 0.571 bits per heavy atom. The summed E-state index contributed by atoms with van der Waals surface area (Å²) in [5.74, 6) is 1.48. The van der Waals surface area contributed by atoms with E-state index in [0.29, 0.717) is 17.7 Å². The topological polar surface area (TPSA) is 20.3 Å². The van der Waals surface area contributed by atoms with Crippen molar-refractivity contribution in [2.45, 2.75) is 181 Å². The van der Waals surface area contributed by atoms with Crippen molar-refractivity contribution in [2.75, 3.05) is 13.1 Å². The quantitative estimate of drug-likeness (QED) is 0.116. The summed E-state index contributed by atoms with van der Waals surface area (Å²) in [6, 6.07) is 0. The molecule has 1 unspecified atom stereocenters. The first kappa shape index (κ1) is 32.5. The number of carbonyl (C=O) groups is 1. The fraction of sp³-hybridized carbons (Fsp3) is 0.970. The van der Waals surface area contributed by atoms with Crippen molar-refractivity contribution >= 4 is 5.91 Å². The third-order valence-electron chi connectivity index (χ3n) is 8.32. The fourth-order valence-corrected chi connectivity index (χ4v) is 6.03. The van der Waals surface area contributed by atoms with E-state index in [1.165, 1.54) is 148 Å². The third-order valence-corrected chi connectivity index (χ3v) is 8.32. The van der Waals surface area contributed by atoms with Crippen molar-refractivity contribution in [2.24, 2.45) is 11.8 Å². The number of likely N-dealkylation sites (tertiary alicyclic amines) is 1. The molecule has 2 nitrogen and oxygen atoms in total. The van der Waals surface area contributed by atoms with Gasteiger partial charge in [-0.1, -0.05) is 162 Å². The van der Waals surface area contributed by atoms with E-state index in [2.05, 4.69) is 25.7 Å². The first-order valence-electron chi connectivity index (χ1n) is 16.5. The molecule has 2 heteroatoms. The zero-order valence-corrected chi connectivity index (χ0v) is 24.6. The lowest BCUT2D eigenvalue weighted by Crippen LogP contribution is -2.45. The highest BCUT2D eigenvalue weighted by Crippen LogP contribution is 2.28. The standard InChI is InChI=1S/C33H65NO/c1-4-6-8-10-12-13-14-15-16-17-18-19-20-21-22-23-25-27-32-29-31(3)30-34(33(32)35)28-26-24-11-9-7-5-2/h31-32H,4-30H2,1-3H3/t31?,32-/m0/s1. The van der Waals surface area contributed by atoms with Crippen molar-refractivity contribution in [1.29, 1.82) is 0 Å². The fourth-order valence-electron chi connectivity index (χ4n) is 6.03. The van der Waals surface area contributed by atoms with Crippen LogP contribution in [0.15, 0.2) is 0 Å². The van der Waals surface area contributed by atoms with Crippen LogP contribution in [0.25, 0.3) is 0 Å². The van der Waals surface area contributed by atoms with Crippen molar-refractivity contribution in [3.05, 3.63) is 0 Å². The smallest absolute Gasteiger partial charge is 0.225 e. The summed E-state index contributed by atoms with van der Waals surface area (Å²) in [7, 11) is 0. The molecule has 0 aromatic rings. The molecule has 35 heavy (non-hydrogen) atoms. The lowest BCUT2D eigenvalue weighted by Gasteiger charge is -2.36. The summed E-state index contributed by atoms with van der Waals surface area (Å²) >= 11 is 0. The molecule has 208 valence electrons. The van der Waals surface area contributed by atoms with Gasteiger partial charge in [0.25, 0.3) is 0 Å². The van der Waals surface area contributed by atoms with Crippen molar-refractivity contribution in [3.63, 3.8) is 0 Å². The number of unbranched alkanes of at least 4 members (excludes halogenated alkanes) is 21. The van der Waals surface area contributed by atoms with Gasteiger partial charge in [-0.15, -0.1) is 0 Å². The van der Waals surface area contributed by atoms with Crippen LogP contribution in [0, 0.1) is 11.8 Å². The molecule has 1 fully saturated rings. The first-order chi connectivity index (χ1) is 17.2. The van der Waals surface area contributed by atoms with Gasteiger partial charge in [0.15, 0.2) is 0 Å². The minimum absolute atomic E-state index is 0.315. The van der Waals surface area contributed by atoms with Crippen molar-refractivity contribution < 1.29 is 4.79 Å². The maximum absolute atomic E-state index is 13.0. The van der Waals surface area contributed by atoms with Gasteiger partial charge in [-0.2, -0.15) is 0 Å². The van der Waals surface area contributed by atoms with Gasteiger partial charge in [0.1, 0.15) is 0 Å². The van der Waals surface area contributed by atoms with Gasteiger partial charge < -0.3 is 4.90 Å². The maximum Gasteiger partial charge on any atom is 0.225 e. The van der Waals surface area contributed by atoms with E-state index in [9.17, 15) is 4.79 Å². The van der Waals surface area contributed by atoms with Gasteiger partial charge in [-0.3, -0.25) is 4.79 Å². The van der Waals surface area contributed by atoms with E-state index >= 15 is 0 Å². The van der Waals surface area contributed by atoms with Crippen LogP contribution in [0.5, 0.6) is 0 Å². The van der Waals surface area contributed by atoms with Gasteiger partial charge in [0, 0.05) is 19.0 Å². The van der Waals surface area contributed by atoms with E-state index in [4.69, 9.17) is 0 Å². The molecular weight excluding hydrogens is 426 g/mol. The number of carbonyl (C=O) groups excluding carboxylic acids is 1. The molecule has 0 saturated carbocycles. The first-order valence-corrected chi connectivity index (χ1v) is 16.5. The van der Waals surface area contributed by atoms with E-state index in [1.54, 1.807) is 0 Å². The average Bonchev–Trinajstić information content (AvgIpc) is 2.85. The summed E-state index contributed by atoms with van der Waals surface area (Å²) < 4.78 is 0. The molecule has 0 aromatic carbocycles. The van der Waals surface area contributed by atoms with Crippen LogP contribution in [-0.2, 0) is 4.79 Å². The van der Waals surface area contributed by atoms with Gasteiger partial charge >= 0.3 is 0 Å². The Morgan fingerprint density at radius 3 is 1.37 bits per heavy atom. The lowest BCUT2D eigenvalue weighted by atomic mass is 9.86. The molecule has 0 aromatic heterocycles. The number of hydrogen-bond donors (Lipinski definition) is 0. The van der Waals surface area contributed by atoms with Crippen LogP contribution in [0.4, 0.5) is 0 Å². The molecule has 1 heterocycles. The zero-order chi connectivity index (χ0) is 25.4.